The first-order valence-electron chi connectivity index (χ1n) is 7.48. The number of nitrogens with zero attached hydrogens (tertiary/aromatic N) is 5. The number of benzene rings is 1. The molecule has 126 valence electrons. The van der Waals surface area contributed by atoms with Gasteiger partial charge in [0.15, 0.2) is 5.65 Å². The van der Waals surface area contributed by atoms with Gasteiger partial charge in [0.05, 0.1) is 39.2 Å². The molecule has 0 aliphatic rings. The van der Waals surface area contributed by atoms with Gasteiger partial charge in [0.2, 0.25) is 5.95 Å². The highest BCUT2D eigenvalue weighted by atomic mass is 35.5. The van der Waals surface area contributed by atoms with Crippen molar-refractivity contribution in [2.75, 3.05) is 5.32 Å². The van der Waals surface area contributed by atoms with Crippen molar-refractivity contribution in [1.82, 2.24) is 29.9 Å². The Morgan fingerprint density at radius 2 is 2.08 bits per heavy atom. The fourth-order valence-electron chi connectivity index (χ4n) is 2.57. The van der Waals surface area contributed by atoms with Crippen LogP contribution in [0.25, 0.3) is 11.0 Å². The zero-order valence-corrected chi connectivity index (χ0v) is 14.7. The van der Waals surface area contributed by atoms with E-state index in [1.54, 1.807) is 23.1 Å². The first-order chi connectivity index (χ1) is 12.1. The van der Waals surface area contributed by atoms with E-state index in [1.807, 2.05) is 25.4 Å². The van der Waals surface area contributed by atoms with Crippen LogP contribution in [0, 0.1) is 0 Å². The first kappa shape index (κ1) is 15.9. The summed E-state index contributed by atoms with van der Waals surface area (Å²) in [6.45, 7) is 0. The fourth-order valence-corrected chi connectivity index (χ4v) is 2.95. The van der Waals surface area contributed by atoms with Gasteiger partial charge in [0.1, 0.15) is 0 Å². The van der Waals surface area contributed by atoms with Crippen molar-refractivity contribution in [3.63, 3.8) is 0 Å². The number of nitrogens with one attached hydrogen (secondary N) is 2. The Labute approximate surface area is 153 Å². The van der Waals surface area contributed by atoms with E-state index >= 15 is 0 Å². The Balaban J connectivity index is 1.74. The smallest absolute Gasteiger partial charge is 0.229 e. The number of fused-ring (bicyclic) bond motifs is 1. The zero-order valence-electron chi connectivity index (χ0n) is 13.2. The van der Waals surface area contributed by atoms with Crippen LogP contribution < -0.4 is 5.32 Å². The van der Waals surface area contributed by atoms with Crippen LogP contribution in [0.3, 0.4) is 0 Å². The minimum absolute atomic E-state index is 0.456. The van der Waals surface area contributed by atoms with Crippen molar-refractivity contribution in [3.05, 3.63) is 58.1 Å². The van der Waals surface area contributed by atoms with Crippen LogP contribution in [-0.4, -0.2) is 29.9 Å². The number of hydrogen-bond acceptors (Lipinski definition) is 5. The molecule has 0 saturated carbocycles. The van der Waals surface area contributed by atoms with Gasteiger partial charge in [0, 0.05) is 19.7 Å². The molecule has 2 N–H and O–H groups in total. The third-order valence-corrected chi connectivity index (χ3v) is 4.60. The molecular formula is C16H13Cl2N7. The van der Waals surface area contributed by atoms with Gasteiger partial charge in [0.25, 0.3) is 0 Å². The maximum atomic E-state index is 6.32. The summed E-state index contributed by atoms with van der Waals surface area (Å²) < 4.78 is 1.70. The molecule has 0 spiro atoms. The second-order valence-corrected chi connectivity index (χ2v) is 6.33. The summed E-state index contributed by atoms with van der Waals surface area (Å²) in [5, 5.41) is 16.1. The lowest BCUT2D eigenvalue weighted by atomic mass is 10.1. The van der Waals surface area contributed by atoms with Crippen LogP contribution in [0.5, 0.6) is 0 Å². The average Bonchev–Trinajstić information content (AvgIpc) is 3.21. The van der Waals surface area contributed by atoms with E-state index in [9.17, 15) is 0 Å². The lowest BCUT2D eigenvalue weighted by Gasteiger charge is -2.08. The van der Waals surface area contributed by atoms with Gasteiger partial charge >= 0.3 is 0 Å². The molecule has 4 rings (SSSR count). The van der Waals surface area contributed by atoms with Gasteiger partial charge in [-0.25, -0.2) is 4.98 Å². The molecule has 0 amide bonds. The fraction of sp³-hybridized carbons (Fsp3) is 0.125. The van der Waals surface area contributed by atoms with Gasteiger partial charge in [-0.1, -0.05) is 35.3 Å². The standard InChI is InChI=1S/C16H13Cl2N7/c1-25-8-10(6-20-25)21-16-22-13(11-7-19-24-15(11)23-16)5-9-3-2-4-12(17)14(9)18/h2-4,6-8H,5H2,1H3,(H2,19,21,22,23,24). The summed E-state index contributed by atoms with van der Waals surface area (Å²) in [7, 11) is 1.84. The molecule has 0 aliphatic carbocycles. The van der Waals surface area contributed by atoms with Crippen molar-refractivity contribution in [2.45, 2.75) is 6.42 Å². The largest absolute Gasteiger partial charge is 0.321 e. The molecule has 9 heteroatoms. The normalized spacial score (nSPS) is 11.2. The number of hydrogen-bond donors (Lipinski definition) is 2. The molecule has 25 heavy (non-hydrogen) atoms. The third kappa shape index (κ3) is 3.16. The molecule has 0 aliphatic heterocycles. The summed E-state index contributed by atoms with van der Waals surface area (Å²) >= 11 is 12.4. The maximum Gasteiger partial charge on any atom is 0.229 e. The molecule has 0 unspecified atom stereocenters. The number of halogens is 2. The summed E-state index contributed by atoms with van der Waals surface area (Å²) in [6, 6.07) is 5.55. The number of aromatic amines is 1. The average molecular weight is 374 g/mol. The molecule has 4 aromatic rings. The lowest BCUT2D eigenvalue weighted by Crippen LogP contribution is -2.02. The summed E-state index contributed by atoms with van der Waals surface area (Å²) in [4.78, 5) is 9.07. The Hall–Kier alpha value is -2.64. The SMILES string of the molecule is Cn1cc(Nc2nc(Cc3cccc(Cl)c3Cl)c3cn[nH]c3n2)cn1. The number of anilines is 2. The topological polar surface area (TPSA) is 84.3 Å². The van der Waals surface area contributed by atoms with Crippen molar-refractivity contribution in [3.8, 4) is 0 Å². The van der Waals surface area contributed by atoms with E-state index in [-0.39, 0.29) is 0 Å². The monoisotopic (exact) mass is 373 g/mol. The van der Waals surface area contributed by atoms with Crippen LogP contribution in [-0.2, 0) is 13.5 Å². The lowest BCUT2D eigenvalue weighted by molar-refractivity contribution is 0.768. The molecule has 3 aromatic heterocycles. The van der Waals surface area contributed by atoms with Gasteiger partial charge in [-0.2, -0.15) is 15.2 Å². The van der Waals surface area contributed by atoms with Crippen LogP contribution in [0.2, 0.25) is 10.0 Å². The van der Waals surface area contributed by atoms with Gasteiger partial charge in [-0.3, -0.25) is 9.78 Å². The predicted molar refractivity (Wildman–Crippen MR) is 97.4 cm³/mol. The summed E-state index contributed by atoms with van der Waals surface area (Å²) in [5.41, 5.74) is 3.14. The van der Waals surface area contributed by atoms with Crippen molar-refractivity contribution < 1.29 is 0 Å². The number of H-pyrrole nitrogens is 1. The Bertz CT molecular complexity index is 1050. The van der Waals surface area contributed by atoms with Crippen molar-refractivity contribution >= 4 is 45.9 Å². The van der Waals surface area contributed by atoms with E-state index < -0.39 is 0 Å². The first-order valence-corrected chi connectivity index (χ1v) is 8.24. The summed E-state index contributed by atoms with van der Waals surface area (Å²) in [5.74, 6) is 0.456. The van der Waals surface area contributed by atoms with Gasteiger partial charge < -0.3 is 5.32 Å². The molecule has 1 aromatic carbocycles. The van der Waals surface area contributed by atoms with Gasteiger partial charge in [-0.15, -0.1) is 0 Å². The minimum Gasteiger partial charge on any atom is -0.321 e. The number of aryl methyl sites for hydroxylation is 1. The van der Waals surface area contributed by atoms with E-state index in [1.165, 1.54) is 0 Å². The highest BCUT2D eigenvalue weighted by molar-refractivity contribution is 6.42. The van der Waals surface area contributed by atoms with E-state index in [0.29, 0.717) is 28.1 Å². The second kappa shape index (κ2) is 6.34. The Morgan fingerprint density at radius 1 is 1.20 bits per heavy atom. The summed E-state index contributed by atoms with van der Waals surface area (Å²) in [6.07, 6.45) is 5.76. The second-order valence-electron chi connectivity index (χ2n) is 5.54. The van der Waals surface area contributed by atoms with Crippen LogP contribution in [0.15, 0.2) is 36.8 Å². The molecule has 0 radical (unpaired) electrons. The molecule has 0 atom stereocenters. The van der Waals surface area contributed by atoms with Gasteiger partial charge in [-0.05, 0) is 11.6 Å². The number of aromatic nitrogens is 6. The minimum atomic E-state index is 0.456. The molecule has 0 fully saturated rings. The van der Waals surface area contributed by atoms with E-state index in [0.717, 1.165) is 22.3 Å². The van der Waals surface area contributed by atoms with Crippen LogP contribution in [0.4, 0.5) is 11.6 Å². The molecule has 0 bridgehead atoms. The predicted octanol–water partition coefficient (Wildman–Crippen LogP) is 3.73. The van der Waals surface area contributed by atoms with E-state index in [2.05, 4.69) is 30.6 Å². The van der Waals surface area contributed by atoms with Crippen molar-refractivity contribution in [1.29, 1.82) is 0 Å². The maximum absolute atomic E-state index is 6.32. The zero-order chi connectivity index (χ0) is 17.4. The van der Waals surface area contributed by atoms with E-state index in [4.69, 9.17) is 23.2 Å². The van der Waals surface area contributed by atoms with Crippen LogP contribution in [0.1, 0.15) is 11.3 Å². The number of rotatable bonds is 4. The highest BCUT2D eigenvalue weighted by Crippen LogP contribution is 2.29. The quantitative estimate of drug-likeness (QED) is 0.569. The highest BCUT2D eigenvalue weighted by Gasteiger charge is 2.13. The Kier molecular flexibility index (Phi) is 4.03. The van der Waals surface area contributed by atoms with Crippen LogP contribution >= 0.6 is 23.2 Å². The molecule has 0 saturated heterocycles. The Morgan fingerprint density at radius 3 is 2.88 bits per heavy atom. The third-order valence-electron chi connectivity index (χ3n) is 3.74. The van der Waals surface area contributed by atoms with Crippen molar-refractivity contribution in [2.24, 2.45) is 7.05 Å². The molecule has 3 heterocycles. The molecule has 7 nitrogen and oxygen atoms in total. The molecular weight excluding hydrogens is 361 g/mol.